The van der Waals surface area contributed by atoms with Crippen LogP contribution in [0.2, 0.25) is 0 Å². The van der Waals surface area contributed by atoms with E-state index in [1.165, 1.54) is 12.8 Å². The number of hydrogen-bond donors (Lipinski definition) is 1. The molecule has 1 saturated carbocycles. The average Bonchev–Trinajstić information content (AvgIpc) is 3.02. The first-order valence-electron chi connectivity index (χ1n) is 5.52. The quantitative estimate of drug-likeness (QED) is 0.785. The second-order valence-corrected chi connectivity index (χ2v) is 4.34. The molecule has 4 nitrogen and oxygen atoms in total. The number of aryl methyl sites for hydroxylation is 1. The zero-order chi connectivity index (χ0) is 11.3. The molecule has 2 aromatic rings. The van der Waals surface area contributed by atoms with Gasteiger partial charge >= 0.3 is 0 Å². The van der Waals surface area contributed by atoms with E-state index in [4.69, 9.17) is 10.5 Å². The number of nitrogens with two attached hydrogens (primary N) is 1. The van der Waals surface area contributed by atoms with Crippen molar-refractivity contribution in [3.05, 3.63) is 18.0 Å². The average molecular weight is 217 g/mol. The van der Waals surface area contributed by atoms with Gasteiger partial charge in [-0.1, -0.05) is 0 Å². The number of anilines is 1. The first kappa shape index (κ1) is 9.51. The highest BCUT2D eigenvalue weighted by Gasteiger charge is 2.27. The Kier molecular flexibility index (Phi) is 1.87. The highest BCUT2D eigenvalue weighted by molar-refractivity contribution is 5.83. The van der Waals surface area contributed by atoms with E-state index in [1.54, 1.807) is 7.11 Å². The van der Waals surface area contributed by atoms with Crippen LogP contribution in [0.25, 0.3) is 11.0 Å². The van der Waals surface area contributed by atoms with E-state index < -0.39 is 0 Å². The van der Waals surface area contributed by atoms with E-state index in [0.29, 0.717) is 17.5 Å². The highest BCUT2D eigenvalue weighted by atomic mass is 16.5. The van der Waals surface area contributed by atoms with Gasteiger partial charge in [0.05, 0.1) is 23.8 Å². The minimum Gasteiger partial charge on any atom is -0.495 e. The zero-order valence-corrected chi connectivity index (χ0v) is 9.53. The third-order valence-electron chi connectivity index (χ3n) is 3.13. The summed E-state index contributed by atoms with van der Waals surface area (Å²) < 4.78 is 7.49. The van der Waals surface area contributed by atoms with Gasteiger partial charge < -0.3 is 15.0 Å². The molecule has 0 unspecified atom stereocenters. The third kappa shape index (κ3) is 1.26. The number of ether oxygens (including phenoxy) is 1. The number of nitrogen functional groups attached to an aromatic ring is 1. The second-order valence-electron chi connectivity index (χ2n) is 4.34. The van der Waals surface area contributed by atoms with E-state index in [9.17, 15) is 0 Å². The summed E-state index contributed by atoms with van der Waals surface area (Å²) in [5.41, 5.74) is 8.70. The molecule has 1 aromatic heterocycles. The van der Waals surface area contributed by atoms with Gasteiger partial charge in [-0.05, 0) is 25.8 Å². The van der Waals surface area contributed by atoms with Gasteiger partial charge in [0.2, 0.25) is 0 Å². The number of methoxy groups -OCH3 is 1. The standard InChI is InChI=1S/C12H15N3O/c1-7-14-10-6-12(16-2)9(13)5-11(10)15(7)8-3-4-8/h5-6,8H,3-4,13H2,1-2H3. The molecule has 0 spiro atoms. The van der Waals surface area contributed by atoms with E-state index in [2.05, 4.69) is 9.55 Å². The van der Waals surface area contributed by atoms with Crippen LogP contribution in [-0.4, -0.2) is 16.7 Å². The molecule has 0 saturated heterocycles. The molecule has 0 amide bonds. The van der Waals surface area contributed by atoms with Crippen LogP contribution in [0.1, 0.15) is 24.7 Å². The summed E-state index contributed by atoms with van der Waals surface area (Å²) in [5.74, 6) is 1.76. The Morgan fingerprint density at radius 3 is 2.81 bits per heavy atom. The largest absolute Gasteiger partial charge is 0.495 e. The van der Waals surface area contributed by atoms with Crippen molar-refractivity contribution >= 4 is 16.7 Å². The minimum atomic E-state index is 0.623. The van der Waals surface area contributed by atoms with Crippen molar-refractivity contribution in [3.8, 4) is 5.75 Å². The van der Waals surface area contributed by atoms with Crippen LogP contribution in [0, 0.1) is 6.92 Å². The Balaban J connectivity index is 2.28. The molecule has 0 radical (unpaired) electrons. The van der Waals surface area contributed by atoms with Crippen molar-refractivity contribution < 1.29 is 4.74 Å². The Hall–Kier alpha value is -1.71. The Labute approximate surface area is 94.0 Å². The van der Waals surface area contributed by atoms with Gasteiger partial charge in [-0.3, -0.25) is 0 Å². The summed E-state index contributed by atoms with van der Waals surface area (Å²) >= 11 is 0. The van der Waals surface area contributed by atoms with Crippen molar-refractivity contribution in [2.45, 2.75) is 25.8 Å². The van der Waals surface area contributed by atoms with Crippen LogP contribution in [0.3, 0.4) is 0 Å². The monoisotopic (exact) mass is 217 g/mol. The van der Waals surface area contributed by atoms with Crippen LogP contribution in [0.5, 0.6) is 5.75 Å². The Morgan fingerprint density at radius 1 is 1.44 bits per heavy atom. The fourth-order valence-electron chi connectivity index (χ4n) is 2.23. The molecule has 0 atom stereocenters. The summed E-state index contributed by atoms with van der Waals surface area (Å²) in [7, 11) is 1.63. The molecule has 0 bridgehead atoms. The maximum Gasteiger partial charge on any atom is 0.144 e. The van der Waals surface area contributed by atoms with Crippen LogP contribution in [0.4, 0.5) is 5.69 Å². The predicted molar refractivity (Wildman–Crippen MR) is 63.7 cm³/mol. The minimum absolute atomic E-state index is 0.623. The predicted octanol–water partition coefficient (Wildman–Crippen LogP) is 2.27. The van der Waals surface area contributed by atoms with E-state index in [1.807, 2.05) is 19.1 Å². The molecule has 0 aliphatic heterocycles. The van der Waals surface area contributed by atoms with E-state index in [0.717, 1.165) is 16.9 Å². The number of nitrogens with zero attached hydrogens (tertiary/aromatic N) is 2. The number of hydrogen-bond acceptors (Lipinski definition) is 3. The second kappa shape index (κ2) is 3.14. The van der Waals surface area contributed by atoms with Crippen molar-refractivity contribution in [1.82, 2.24) is 9.55 Å². The van der Waals surface area contributed by atoms with E-state index >= 15 is 0 Å². The SMILES string of the molecule is COc1cc2nc(C)n(C3CC3)c2cc1N. The molecule has 1 aliphatic carbocycles. The highest BCUT2D eigenvalue weighted by Crippen LogP contribution is 2.40. The zero-order valence-electron chi connectivity index (χ0n) is 9.53. The smallest absolute Gasteiger partial charge is 0.144 e. The molecular weight excluding hydrogens is 202 g/mol. The van der Waals surface area contributed by atoms with Gasteiger partial charge in [-0.15, -0.1) is 0 Å². The van der Waals surface area contributed by atoms with Gasteiger partial charge in [0.15, 0.2) is 0 Å². The number of fused-ring (bicyclic) bond motifs is 1. The summed E-state index contributed by atoms with van der Waals surface area (Å²) in [5, 5.41) is 0. The van der Waals surface area contributed by atoms with Crippen LogP contribution >= 0.6 is 0 Å². The third-order valence-corrected chi connectivity index (χ3v) is 3.13. The number of aromatic nitrogens is 2. The van der Waals surface area contributed by atoms with Gasteiger partial charge in [0.1, 0.15) is 11.6 Å². The Morgan fingerprint density at radius 2 is 2.19 bits per heavy atom. The molecule has 1 aliphatic rings. The van der Waals surface area contributed by atoms with Crippen molar-refractivity contribution in [3.63, 3.8) is 0 Å². The fraction of sp³-hybridized carbons (Fsp3) is 0.417. The summed E-state index contributed by atoms with van der Waals surface area (Å²) in [6, 6.07) is 4.50. The molecule has 1 heterocycles. The van der Waals surface area contributed by atoms with Gasteiger partial charge in [-0.25, -0.2) is 4.98 Å². The first-order chi connectivity index (χ1) is 7.70. The van der Waals surface area contributed by atoms with Crippen LogP contribution in [0.15, 0.2) is 12.1 Å². The van der Waals surface area contributed by atoms with Gasteiger partial charge in [0.25, 0.3) is 0 Å². The first-order valence-corrected chi connectivity index (χ1v) is 5.52. The normalized spacial score (nSPS) is 15.6. The lowest BCUT2D eigenvalue weighted by Gasteiger charge is -2.06. The van der Waals surface area contributed by atoms with Crippen molar-refractivity contribution in [2.75, 3.05) is 12.8 Å². The summed E-state index contributed by atoms with van der Waals surface area (Å²) in [4.78, 5) is 4.55. The number of rotatable bonds is 2. The molecule has 1 fully saturated rings. The maximum absolute atomic E-state index is 5.93. The summed E-state index contributed by atoms with van der Waals surface area (Å²) in [6.07, 6.45) is 2.50. The van der Waals surface area contributed by atoms with Gasteiger partial charge in [-0.2, -0.15) is 0 Å². The summed E-state index contributed by atoms with van der Waals surface area (Å²) in [6.45, 7) is 2.04. The molecule has 2 N–H and O–H groups in total. The Bertz CT molecular complexity index is 555. The lowest BCUT2D eigenvalue weighted by molar-refractivity contribution is 0.417. The van der Waals surface area contributed by atoms with Crippen molar-refractivity contribution in [1.29, 1.82) is 0 Å². The molecule has 1 aromatic carbocycles. The lowest BCUT2D eigenvalue weighted by Crippen LogP contribution is -1.97. The number of imidazole rings is 1. The van der Waals surface area contributed by atoms with E-state index in [-0.39, 0.29) is 0 Å². The molecule has 4 heteroatoms. The molecular formula is C12H15N3O. The number of benzene rings is 1. The van der Waals surface area contributed by atoms with Crippen molar-refractivity contribution in [2.24, 2.45) is 0 Å². The lowest BCUT2D eigenvalue weighted by atomic mass is 10.2. The van der Waals surface area contributed by atoms with Crippen LogP contribution < -0.4 is 10.5 Å². The van der Waals surface area contributed by atoms with Crippen LogP contribution in [-0.2, 0) is 0 Å². The fourth-order valence-corrected chi connectivity index (χ4v) is 2.23. The van der Waals surface area contributed by atoms with Gasteiger partial charge in [0, 0.05) is 12.1 Å². The molecule has 84 valence electrons. The maximum atomic E-state index is 5.93. The molecule has 3 rings (SSSR count). The topological polar surface area (TPSA) is 53.1 Å². The molecule has 16 heavy (non-hydrogen) atoms.